The lowest BCUT2D eigenvalue weighted by Gasteiger charge is -2.35. The van der Waals surface area contributed by atoms with Gasteiger partial charge in [-0.1, -0.05) is 6.07 Å². The zero-order chi connectivity index (χ0) is 18.5. The minimum Gasteiger partial charge on any atom is -0.352 e. The maximum Gasteiger partial charge on any atom is 0.255 e. The second kappa shape index (κ2) is 7.77. The molecule has 136 valence electrons. The van der Waals surface area contributed by atoms with Crippen LogP contribution >= 0.6 is 0 Å². The van der Waals surface area contributed by atoms with E-state index in [4.69, 9.17) is 0 Å². The molecule has 8 heteroatoms. The van der Waals surface area contributed by atoms with Crippen molar-refractivity contribution in [1.29, 1.82) is 0 Å². The Morgan fingerprint density at radius 2 is 1.78 bits per heavy atom. The molecule has 27 heavy (non-hydrogen) atoms. The van der Waals surface area contributed by atoms with Gasteiger partial charge in [0.1, 0.15) is 5.82 Å². The fraction of sp³-hybridized carbons (Fsp3) is 0.211. The minimum atomic E-state index is 0.0174. The molecule has 0 aromatic carbocycles. The van der Waals surface area contributed by atoms with E-state index in [9.17, 15) is 4.79 Å². The van der Waals surface area contributed by atoms with Crippen LogP contribution in [0.15, 0.2) is 61.1 Å². The maximum absolute atomic E-state index is 12.5. The molecule has 0 atom stereocenters. The van der Waals surface area contributed by atoms with Crippen molar-refractivity contribution in [3.8, 4) is 0 Å². The van der Waals surface area contributed by atoms with Crippen molar-refractivity contribution < 1.29 is 4.79 Å². The van der Waals surface area contributed by atoms with E-state index in [1.807, 2.05) is 35.2 Å². The predicted molar refractivity (Wildman–Crippen MR) is 102 cm³/mol. The third-order valence-electron chi connectivity index (χ3n) is 4.37. The lowest BCUT2D eigenvalue weighted by molar-refractivity contribution is 0.0746. The third-order valence-corrected chi connectivity index (χ3v) is 4.37. The number of carbonyl (C=O) groups is 1. The minimum absolute atomic E-state index is 0.0174. The number of hydrogen-bond donors (Lipinski definition) is 1. The van der Waals surface area contributed by atoms with Crippen LogP contribution in [-0.2, 0) is 0 Å². The number of pyridine rings is 2. The molecule has 0 spiro atoms. The normalized spacial score (nSPS) is 14.1. The third kappa shape index (κ3) is 4.00. The van der Waals surface area contributed by atoms with Gasteiger partial charge in [0.15, 0.2) is 11.6 Å². The van der Waals surface area contributed by atoms with Crippen molar-refractivity contribution in [2.24, 2.45) is 0 Å². The van der Waals surface area contributed by atoms with Gasteiger partial charge in [-0.3, -0.25) is 9.78 Å². The van der Waals surface area contributed by atoms with Crippen LogP contribution in [-0.4, -0.2) is 57.2 Å². The molecule has 0 unspecified atom stereocenters. The Labute approximate surface area is 156 Å². The molecular weight excluding hydrogens is 342 g/mol. The Balaban J connectivity index is 1.35. The average Bonchev–Trinajstić information content (AvgIpc) is 2.75. The van der Waals surface area contributed by atoms with Crippen LogP contribution in [0.1, 0.15) is 10.4 Å². The average molecular weight is 361 g/mol. The number of anilines is 3. The molecule has 3 aromatic rings. The van der Waals surface area contributed by atoms with Crippen molar-refractivity contribution in [3.05, 3.63) is 66.6 Å². The van der Waals surface area contributed by atoms with E-state index in [2.05, 4.69) is 30.4 Å². The molecule has 4 rings (SSSR count). The molecule has 1 aliphatic rings. The molecule has 0 radical (unpaired) electrons. The highest BCUT2D eigenvalue weighted by Gasteiger charge is 2.23. The highest BCUT2D eigenvalue weighted by Crippen LogP contribution is 2.17. The second-order valence-electron chi connectivity index (χ2n) is 6.14. The standard InChI is InChI=1S/C19H19N7O/c27-19(15-4-3-8-20-14-15)26-12-10-25(11-13-26)18-7-6-17(23-24-18)22-16-5-1-2-9-21-16/h1-9,14H,10-13H2,(H,21,22,23). The first kappa shape index (κ1) is 16.9. The summed E-state index contributed by atoms with van der Waals surface area (Å²) in [5, 5.41) is 11.6. The highest BCUT2D eigenvalue weighted by molar-refractivity contribution is 5.94. The quantitative estimate of drug-likeness (QED) is 0.760. The molecule has 1 amide bonds. The first-order valence-electron chi connectivity index (χ1n) is 8.76. The largest absolute Gasteiger partial charge is 0.352 e. The topological polar surface area (TPSA) is 87.1 Å². The molecule has 3 aromatic heterocycles. The number of amides is 1. The van der Waals surface area contributed by atoms with Crippen LogP contribution in [0.4, 0.5) is 17.5 Å². The molecule has 4 heterocycles. The first-order chi connectivity index (χ1) is 13.3. The Morgan fingerprint density at radius 1 is 0.889 bits per heavy atom. The molecule has 1 N–H and O–H groups in total. The molecule has 8 nitrogen and oxygen atoms in total. The number of carbonyl (C=O) groups excluding carboxylic acids is 1. The van der Waals surface area contributed by atoms with E-state index in [-0.39, 0.29) is 5.91 Å². The Morgan fingerprint density at radius 3 is 2.44 bits per heavy atom. The highest BCUT2D eigenvalue weighted by atomic mass is 16.2. The van der Waals surface area contributed by atoms with Gasteiger partial charge in [0.2, 0.25) is 0 Å². The van der Waals surface area contributed by atoms with Crippen molar-refractivity contribution in [1.82, 2.24) is 25.1 Å². The SMILES string of the molecule is O=C(c1cccnc1)N1CCN(c2ccc(Nc3ccccn3)nn2)CC1. The van der Waals surface area contributed by atoms with Gasteiger partial charge in [0.25, 0.3) is 5.91 Å². The summed E-state index contributed by atoms with van der Waals surface area (Å²) < 4.78 is 0. The Kier molecular flexibility index (Phi) is 4.86. The van der Waals surface area contributed by atoms with Crippen LogP contribution in [0, 0.1) is 0 Å². The van der Waals surface area contributed by atoms with Crippen molar-refractivity contribution in [2.75, 3.05) is 36.4 Å². The van der Waals surface area contributed by atoms with Gasteiger partial charge < -0.3 is 15.1 Å². The van der Waals surface area contributed by atoms with Crippen LogP contribution in [0.2, 0.25) is 0 Å². The summed E-state index contributed by atoms with van der Waals surface area (Å²) in [6.45, 7) is 2.72. The molecular formula is C19H19N7O. The van der Waals surface area contributed by atoms with E-state index in [0.29, 0.717) is 37.6 Å². The lowest BCUT2D eigenvalue weighted by Crippen LogP contribution is -2.49. The Hall–Kier alpha value is -3.55. The molecule has 1 aliphatic heterocycles. The van der Waals surface area contributed by atoms with Crippen molar-refractivity contribution in [2.45, 2.75) is 0 Å². The smallest absolute Gasteiger partial charge is 0.255 e. The van der Waals surface area contributed by atoms with E-state index in [1.54, 1.807) is 30.7 Å². The Bertz CT molecular complexity index is 879. The van der Waals surface area contributed by atoms with Crippen molar-refractivity contribution >= 4 is 23.4 Å². The molecule has 1 saturated heterocycles. The fourth-order valence-electron chi connectivity index (χ4n) is 2.94. The van der Waals surface area contributed by atoms with Gasteiger partial charge in [-0.05, 0) is 36.4 Å². The van der Waals surface area contributed by atoms with E-state index in [0.717, 1.165) is 11.6 Å². The monoisotopic (exact) mass is 361 g/mol. The summed E-state index contributed by atoms with van der Waals surface area (Å²) in [5.74, 6) is 2.18. The summed E-state index contributed by atoms with van der Waals surface area (Å²) >= 11 is 0. The first-order valence-corrected chi connectivity index (χ1v) is 8.76. The second-order valence-corrected chi connectivity index (χ2v) is 6.14. The van der Waals surface area contributed by atoms with E-state index >= 15 is 0 Å². The summed E-state index contributed by atoms with van der Waals surface area (Å²) in [6, 6.07) is 13.0. The van der Waals surface area contributed by atoms with Gasteiger partial charge in [-0.15, -0.1) is 10.2 Å². The van der Waals surface area contributed by atoms with E-state index < -0.39 is 0 Å². The van der Waals surface area contributed by atoms with Gasteiger partial charge in [0, 0.05) is 44.8 Å². The van der Waals surface area contributed by atoms with Gasteiger partial charge in [0.05, 0.1) is 5.56 Å². The fourth-order valence-corrected chi connectivity index (χ4v) is 2.94. The van der Waals surface area contributed by atoms with Gasteiger partial charge >= 0.3 is 0 Å². The number of piperazine rings is 1. The molecule has 0 bridgehead atoms. The van der Waals surface area contributed by atoms with Gasteiger partial charge in [-0.2, -0.15) is 0 Å². The summed E-state index contributed by atoms with van der Waals surface area (Å²) in [6.07, 6.45) is 4.99. The number of rotatable bonds is 4. The number of hydrogen-bond acceptors (Lipinski definition) is 7. The van der Waals surface area contributed by atoms with Crippen molar-refractivity contribution in [3.63, 3.8) is 0 Å². The van der Waals surface area contributed by atoms with Crippen LogP contribution in [0.5, 0.6) is 0 Å². The zero-order valence-corrected chi connectivity index (χ0v) is 14.7. The number of nitrogens with one attached hydrogen (secondary N) is 1. The molecule has 1 fully saturated rings. The van der Waals surface area contributed by atoms with Crippen LogP contribution in [0.3, 0.4) is 0 Å². The lowest BCUT2D eigenvalue weighted by atomic mass is 10.2. The summed E-state index contributed by atoms with van der Waals surface area (Å²) in [7, 11) is 0. The van der Waals surface area contributed by atoms with E-state index in [1.165, 1.54) is 0 Å². The van der Waals surface area contributed by atoms with Gasteiger partial charge in [-0.25, -0.2) is 4.98 Å². The molecule has 0 aliphatic carbocycles. The maximum atomic E-state index is 12.5. The molecule has 0 saturated carbocycles. The van der Waals surface area contributed by atoms with Crippen LogP contribution < -0.4 is 10.2 Å². The summed E-state index contributed by atoms with van der Waals surface area (Å²) in [4.78, 5) is 24.7. The predicted octanol–water partition coefficient (Wildman–Crippen LogP) is 1.97. The summed E-state index contributed by atoms with van der Waals surface area (Å²) in [5.41, 5.74) is 0.621. The van der Waals surface area contributed by atoms with Crippen LogP contribution in [0.25, 0.3) is 0 Å². The zero-order valence-electron chi connectivity index (χ0n) is 14.7. The number of nitrogens with zero attached hydrogens (tertiary/aromatic N) is 6. The number of aromatic nitrogens is 4.